The number of ether oxygens (including phenoxy) is 1. The third-order valence-corrected chi connectivity index (χ3v) is 4.27. The minimum absolute atomic E-state index is 0.0731. The van der Waals surface area contributed by atoms with E-state index >= 15 is 0 Å². The van der Waals surface area contributed by atoms with Gasteiger partial charge in [-0.25, -0.2) is 4.68 Å². The van der Waals surface area contributed by atoms with Crippen LogP contribution in [0.4, 0.5) is 0 Å². The van der Waals surface area contributed by atoms with Gasteiger partial charge in [0, 0.05) is 18.2 Å². The van der Waals surface area contributed by atoms with Gasteiger partial charge in [0.2, 0.25) is 0 Å². The molecule has 0 aliphatic rings. The first-order valence-electron chi connectivity index (χ1n) is 9.13. The predicted molar refractivity (Wildman–Crippen MR) is 108 cm³/mol. The van der Waals surface area contributed by atoms with E-state index in [4.69, 9.17) is 4.74 Å². The number of rotatable bonds is 7. The normalized spacial score (nSPS) is 10.5. The molecule has 0 aliphatic carbocycles. The molecule has 1 amide bonds. The van der Waals surface area contributed by atoms with Crippen LogP contribution in [0.2, 0.25) is 0 Å². The van der Waals surface area contributed by atoms with Crippen molar-refractivity contribution in [2.45, 2.75) is 20.4 Å². The Balaban J connectivity index is 1.53. The van der Waals surface area contributed by atoms with Gasteiger partial charge in [-0.15, -0.1) is 0 Å². The van der Waals surface area contributed by atoms with E-state index in [1.54, 1.807) is 6.07 Å². The molecule has 3 rings (SSSR count). The lowest BCUT2D eigenvalue weighted by Crippen LogP contribution is -2.34. The summed E-state index contributed by atoms with van der Waals surface area (Å²) in [5, 5.41) is 7.13. The molecule has 2 aromatic carbocycles. The Kier molecular flexibility index (Phi) is 6.22. The Morgan fingerprint density at radius 1 is 1.07 bits per heavy atom. The first-order valence-corrected chi connectivity index (χ1v) is 9.13. The number of carbonyl (C=O) groups is 1. The molecule has 0 radical (unpaired) electrons. The molecule has 0 saturated carbocycles. The lowest BCUT2D eigenvalue weighted by molar-refractivity contribution is -0.123. The molecule has 6 nitrogen and oxygen atoms in total. The van der Waals surface area contributed by atoms with Crippen molar-refractivity contribution in [3.05, 3.63) is 82.1 Å². The number of amides is 1. The van der Waals surface area contributed by atoms with Crippen LogP contribution in [0, 0.1) is 13.8 Å². The summed E-state index contributed by atoms with van der Waals surface area (Å²) < 4.78 is 6.92. The molecule has 0 spiro atoms. The quantitative estimate of drug-likeness (QED) is 0.687. The average molecular weight is 377 g/mol. The van der Waals surface area contributed by atoms with E-state index in [0.29, 0.717) is 18.0 Å². The van der Waals surface area contributed by atoms with E-state index in [2.05, 4.69) is 10.4 Å². The Bertz CT molecular complexity index is 1010. The van der Waals surface area contributed by atoms with Crippen LogP contribution in [0.1, 0.15) is 11.1 Å². The highest BCUT2D eigenvalue weighted by molar-refractivity contribution is 5.77. The standard InChI is InChI=1S/C22H23N3O3/c1-16-8-10-20(17(2)14-16)28-15-21(26)23-12-13-25-22(27)11-9-19(24-25)18-6-4-3-5-7-18/h3-11,14H,12-13,15H2,1-2H3,(H,23,26). The van der Waals surface area contributed by atoms with Gasteiger partial charge in [0.15, 0.2) is 6.61 Å². The van der Waals surface area contributed by atoms with Crippen LogP contribution in [-0.4, -0.2) is 28.8 Å². The van der Waals surface area contributed by atoms with E-state index in [-0.39, 0.29) is 24.6 Å². The number of carbonyl (C=O) groups excluding carboxylic acids is 1. The van der Waals surface area contributed by atoms with E-state index in [1.165, 1.54) is 10.7 Å². The fourth-order valence-corrected chi connectivity index (χ4v) is 2.83. The number of aryl methyl sites for hydroxylation is 2. The van der Waals surface area contributed by atoms with Gasteiger partial charge in [-0.1, -0.05) is 48.0 Å². The average Bonchev–Trinajstić information content (AvgIpc) is 2.69. The zero-order valence-electron chi connectivity index (χ0n) is 16.0. The summed E-state index contributed by atoms with van der Waals surface area (Å²) in [6.07, 6.45) is 0. The predicted octanol–water partition coefficient (Wildman–Crippen LogP) is 2.72. The molecule has 0 atom stereocenters. The molecule has 0 saturated heterocycles. The van der Waals surface area contributed by atoms with Crippen LogP contribution in [0.25, 0.3) is 11.3 Å². The largest absolute Gasteiger partial charge is 0.484 e. The monoisotopic (exact) mass is 377 g/mol. The van der Waals surface area contributed by atoms with E-state index in [0.717, 1.165) is 16.7 Å². The topological polar surface area (TPSA) is 73.2 Å². The van der Waals surface area contributed by atoms with Gasteiger partial charge in [-0.2, -0.15) is 5.10 Å². The summed E-state index contributed by atoms with van der Waals surface area (Å²) in [6, 6.07) is 18.6. The van der Waals surface area contributed by atoms with Crippen molar-refractivity contribution in [2.75, 3.05) is 13.2 Å². The number of nitrogens with zero attached hydrogens (tertiary/aromatic N) is 2. The zero-order chi connectivity index (χ0) is 19.9. The van der Waals surface area contributed by atoms with Gasteiger partial charge in [-0.3, -0.25) is 9.59 Å². The first-order chi connectivity index (χ1) is 13.5. The molecule has 1 heterocycles. The maximum Gasteiger partial charge on any atom is 0.266 e. The number of nitrogens with one attached hydrogen (secondary N) is 1. The molecule has 0 unspecified atom stereocenters. The molecule has 0 fully saturated rings. The molecule has 0 aliphatic heterocycles. The molecular formula is C22H23N3O3. The van der Waals surface area contributed by atoms with Crippen LogP contribution in [0.15, 0.2) is 65.5 Å². The molecule has 6 heteroatoms. The Morgan fingerprint density at radius 2 is 1.86 bits per heavy atom. The van der Waals surface area contributed by atoms with Crippen molar-refractivity contribution in [3.63, 3.8) is 0 Å². The van der Waals surface area contributed by atoms with E-state index in [9.17, 15) is 9.59 Å². The smallest absolute Gasteiger partial charge is 0.266 e. The van der Waals surface area contributed by atoms with Gasteiger partial charge < -0.3 is 10.1 Å². The van der Waals surface area contributed by atoms with Crippen molar-refractivity contribution in [1.82, 2.24) is 15.1 Å². The van der Waals surface area contributed by atoms with Crippen LogP contribution in [0.5, 0.6) is 5.75 Å². The molecular weight excluding hydrogens is 354 g/mol. The highest BCUT2D eigenvalue weighted by atomic mass is 16.5. The van der Waals surface area contributed by atoms with Crippen molar-refractivity contribution in [3.8, 4) is 17.0 Å². The minimum atomic E-state index is -0.243. The highest BCUT2D eigenvalue weighted by Gasteiger charge is 2.07. The van der Waals surface area contributed by atoms with Crippen molar-refractivity contribution in [2.24, 2.45) is 0 Å². The van der Waals surface area contributed by atoms with Gasteiger partial charge in [-0.05, 0) is 31.5 Å². The van der Waals surface area contributed by atoms with Crippen molar-refractivity contribution >= 4 is 5.91 Å². The van der Waals surface area contributed by atoms with Crippen LogP contribution < -0.4 is 15.6 Å². The van der Waals surface area contributed by atoms with Gasteiger partial charge in [0.05, 0.1) is 12.2 Å². The Hall–Kier alpha value is -3.41. The van der Waals surface area contributed by atoms with Gasteiger partial charge >= 0.3 is 0 Å². The Labute approximate surface area is 163 Å². The number of aromatic nitrogens is 2. The second kappa shape index (κ2) is 8.99. The maximum absolute atomic E-state index is 12.0. The van der Waals surface area contributed by atoms with E-state index in [1.807, 2.05) is 62.4 Å². The first kappa shape index (κ1) is 19.4. The zero-order valence-corrected chi connectivity index (χ0v) is 16.0. The molecule has 1 aromatic heterocycles. The number of hydrogen-bond acceptors (Lipinski definition) is 4. The summed E-state index contributed by atoms with van der Waals surface area (Å²) in [6.45, 7) is 4.45. The molecule has 0 bridgehead atoms. The second-order valence-electron chi connectivity index (χ2n) is 6.55. The maximum atomic E-state index is 12.0. The summed E-state index contributed by atoms with van der Waals surface area (Å²) >= 11 is 0. The van der Waals surface area contributed by atoms with Crippen molar-refractivity contribution < 1.29 is 9.53 Å². The minimum Gasteiger partial charge on any atom is -0.484 e. The van der Waals surface area contributed by atoms with Gasteiger partial charge in [0.25, 0.3) is 11.5 Å². The fraction of sp³-hybridized carbons (Fsp3) is 0.227. The third kappa shape index (κ3) is 5.07. The fourth-order valence-electron chi connectivity index (χ4n) is 2.83. The Morgan fingerprint density at radius 3 is 2.61 bits per heavy atom. The summed E-state index contributed by atoms with van der Waals surface area (Å²) in [4.78, 5) is 24.0. The highest BCUT2D eigenvalue weighted by Crippen LogP contribution is 2.18. The van der Waals surface area contributed by atoms with Crippen LogP contribution >= 0.6 is 0 Å². The molecule has 144 valence electrons. The third-order valence-electron chi connectivity index (χ3n) is 4.27. The summed E-state index contributed by atoms with van der Waals surface area (Å²) in [5.74, 6) is 0.446. The van der Waals surface area contributed by atoms with Gasteiger partial charge in [0.1, 0.15) is 5.75 Å². The molecule has 1 N–H and O–H groups in total. The van der Waals surface area contributed by atoms with E-state index < -0.39 is 0 Å². The number of benzene rings is 2. The molecule has 28 heavy (non-hydrogen) atoms. The second-order valence-corrected chi connectivity index (χ2v) is 6.55. The van der Waals surface area contributed by atoms with Crippen LogP contribution in [0.3, 0.4) is 0 Å². The van der Waals surface area contributed by atoms with Crippen LogP contribution in [-0.2, 0) is 11.3 Å². The number of hydrogen-bond donors (Lipinski definition) is 1. The summed E-state index contributed by atoms with van der Waals surface area (Å²) in [7, 11) is 0. The lowest BCUT2D eigenvalue weighted by atomic mass is 10.1. The lowest BCUT2D eigenvalue weighted by Gasteiger charge is -2.11. The summed E-state index contributed by atoms with van der Waals surface area (Å²) in [5.41, 5.74) is 3.57. The SMILES string of the molecule is Cc1ccc(OCC(=O)NCCn2nc(-c3ccccc3)ccc2=O)c(C)c1. The molecule has 3 aromatic rings. The van der Waals surface area contributed by atoms with Crippen molar-refractivity contribution in [1.29, 1.82) is 0 Å².